The first-order valence-electron chi connectivity index (χ1n) is 7.61. The van der Waals surface area contributed by atoms with Gasteiger partial charge in [-0.1, -0.05) is 6.92 Å². The summed E-state index contributed by atoms with van der Waals surface area (Å²) in [4.78, 5) is 14.1. The van der Waals surface area contributed by atoms with Crippen molar-refractivity contribution in [1.29, 1.82) is 0 Å². The molecule has 0 spiro atoms. The van der Waals surface area contributed by atoms with Gasteiger partial charge in [0.15, 0.2) is 21.3 Å². The lowest BCUT2D eigenvalue weighted by molar-refractivity contribution is -0.117. The van der Waals surface area contributed by atoms with Crippen LogP contribution < -0.4 is 14.8 Å². The second-order valence-corrected chi connectivity index (χ2v) is 7.96. The van der Waals surface area contributed by atoms with E-state index in [1.54, 1.807) is 18.2 Å². The van der Waals surface area contributed by atoms with Crippen molar-refractivity contribution < 1.29 is 22.7 Å². The van der Waals surface area contributed by atoms with E-state index < -0.39 is 9.84 Å². The Kier molecular flexibility index (Phi) is 4.45. The first-order valence-corrected chi connectivity index (χ1v) is 9.43. The fourth-order valence-electron chi connectivity index (χ4n) is 2.92. The first-order chi connectivity index (χ1) is 11.0. The number of likely N-dealkylation sites (N-methyl/N-ethyl adjacent to an activating group) is 1. The van der Waals surface area contributed by atoms with Gasteiger partial charge in [0.05, 0.1) is 18.1 Å². The van der Waals surface area contributed by atoms with Crippen LogP contribution in [-0.2, 0) is 14.6 Å². The van der Waals surface area contributed by atoms with Crippen LogP contribution in [0, 0.1) is 0 Å². The van der Waals surface area contributed by atoms with E-state index in [1.807, 2.05) is 11.8 Å². The molecule has 0 saturated carbocycles. The van der Waals surface area contributed by atoms with E-state index in [9.17, 15) is 13.2 Å². The third kappa shape index (κ3) is 3.76. The SMILES string of the molecule is CCN(CC(=O)Nc1ccc2c(c1)OCO2)C1CCS(=O)(=O)C1. The zero-order valence-corrected chi connectivity index (χ0v) is 13.8. The lowest BCUT2D eigenvalue weighted by Gasteiger charge is -2.25. The van der Waals surface area contributed by atoms with E-state index >= 15 is 0 Å². The molecule has 7 nitrogen and oxygen atoms in total. The number of carbonyl (C=O) groups is 1. The average Bonchev–Trinajstić information content (AvgIpc) is 3.10. The number of ether oxygens (including phenoxy) is 2. The predicted octanol–water partition coefficient (Wildman–Crippen LogP) is 0.863. The third-order valence-electron chi connectivity index (χ3n) is 4.13. The van der Waals surface area contributed by atoms with Gasteiger partial charge in [-0.2, -0.15) is 0 Å². The van der Waals surface area contributed by atoms with Crippen molar-refractivity contribution in [3.63, 3.8) is 0 Å². The fraction of sp³-hybridized carbons (Fsp3) is 0.533. The standard InChI is InChI=1S/C15H20N2O5S/c1-2-17(12-5-6-23(19,20)9-12)8-15(18)16-11-3-4-13-14(7-11)22-10-21-13/h3-4,7,12H,2,5-6,8-10H2,1H3,(H,16,18). The minimum absolute atomic E-state index is 0.0764. The Balaban J connectivity index is 1.60. The van der Waals surface area contributed by atoms with Gasteiger partial charge in [-0.25, -0.2) is 8.42 Å². The maximum Gasteiger partial charge on any atom is 0.238 e. The Morgan fingerprint density at radius 1 is 1.35 bits per heavy atom. The molecule has 0 aromatic heterocycles. The molecular formula is C15H20N2O5S. The minimum atomic E-state index is -2.96. The Morgan fingerprint density at radius 2 is 2.13 bits per heavy atom. The van der Waals surface area contributed by atoms with Crippen LogP contribution in [0.1, 0.15) is 13.3 Å². The zero-order chi connectivity index (χ0) is 16.4. The molecule has 0 aliphatic carbocycles. The molecule has 2 heterocycles. The van der Waals surface area contributed by atoms with E-state index in [1.165, 1.54) is 0 Å². The highest BCUT2D eigenvalue weighted by atomic mass is 32.2. The van der Waals surface area contributed by atoms with Gasteiger partial charge < -0.3 is 14.8 Å². The summed E-state index contributed by atoms with van der Waals surface area (Å²) in [5.41, 5.74) is 0.634. The van der Waals surface area contributed by atoms with E-state index in [0.717, 1.165) is 0 Å². The van der Waals surface area contributed by atoms with Crippen molar-refractivity contribution in [3.8, 4) is 11.5 Å². The van der Waals surface area contributed by atoms with Crippen molar-refractivity contribution in [2.45, 2.75) is 19.4 Å². The second kappa shape index (κ2) is 6.37. The van der Waals surface area contributed by atoms with E-state index in [-0.39, 0.29) is 36.8 Å². The molecular weight excluding hydrogens is 320 g/mol. The van der Waals surface area contributed by atoms with Gasteiger partial charge in [0.1, 0.15) is 0 Å². The van der Waals surface area contributed by atoms with Gasteiger partial charge in [0.25, 0.3) is 0 Å². The van der Waals surface area contributed by atoms with Crippen LogP contribution in [0.4, 0.5) is 5.69 Å². The van der Waals surface area contributed by atoms with Crippen molar-refractivity contribution >= 4 is 21.4 Å². The summed E-state index contributed by atoms with van der Waals surface area (Å²) in [5.74, 6) is 1.44. The van der Waals surface area contributed by atoms with Gasteiger partial charge in [0, 0.05) is 17.8 Å². The summed E-state index contributed by atoms with van der Waals surface area (Å²) in [5, 5.41) is 2.82. The smallest absolute Gasteiger partial charge is 0.238 e. The molecule has 1 amide bonds. The molecule has 0 bridgehead atoms. The van der Waals surface area contributed by atoms with Crippen molar-refractivity contribution in [1.82, 2.24) is 4.90 Å². The van der Waals surface area contributed by atoms with Gasteiger partial charge in [-0.3, -0.25) is 9.69 Å². The first kappa shape index (κ1) is 16.1. The number of hydrogen-bond donors (Lipinski definition) is 1. The average molecular weight is 340 g/mol. The predicted molar refractivity (Wildman–Crippen MR) is 85.5 cm³/mol. The molecule has 3 rings (SSSR count). The Hall–Kier alpha value is -1.80. The van der Waals surface area contributed by atoms with Crippen molar-refractivity contribution in [2.24, 2.45) is 0 Å². The molecule has 126 valence electrons. The summed E-state index contributed by atoms with van der Waals surface area (Å²) in [6.45, 7) is 2.92. The number of nitrogens with one attached hydrogen (secondary N) is 1. The highest BCUT2D eigenvalue weighted by Crippen LogP contribution is 2.34. The van der Waals surface area contributed by atoms with Crippen LogP contribution in [-0.4, -0.2) is 56.7 Å². The largest absolute Gasteiger partial charge is 0.454 e. The maximum atomic E-state index is 12.2. The van der Waals surface area contributed by atoms with E-state index in [2.05, 4.69) is 5.32 Å². The molecule has 1 atom stereocenters. The lowest BCUT2D eigenvalue weighted by atomic mass is 10.2. The second-order valence-electron chi connectivity index (χ2n) is 5.74. The molecule has 0 radical (unpaired) electrons. The van der Waals surface area contributed by atoms with Crippen LogP contribution in [0.3, 0.4) is 0 Å². The molecule has 8 heteroatoms. The van der Waals surface area contributed by atoms with Crippen LogP contribution in [0.5, 0.6) is 11.5 Å². The van der Waals surface area contributed by atoms with Crippen molar-refractivity contribution in [2.75, 3.05) is 36.7 Å². The molecule has 1 fully saturated rings. The normalized spacial score (nSPS) is 21.6. The summed E-state index contributed by atoms with van der Waals surface area (Å²) < 4.78 is 33.7. The van der Waals surface area contributed by atoms with Gasteiger partial charge in [-0.05, 0) is 25.1 Å². The monoisotopic (exact) mass is 340 g/mol. The number of nitrogens with zero attached hydrogens (tertiary/aromatic N) is 1. The molecule has 1 aromatic rings. The quantitative estimate of drug-likeness (QED) is 0.856. The number of anilines is 1. The highest BCUT2D eigenvalue weighted by molar-refractivity contribution is 7.91. The fourth-order valence-corrected chi connectivity index (χ4v) is 4.68. The lowest BCUT2D eigenvalue weighted by Crippen LogP contribution is -2.41. The van der Waals surface area contributed by atoms with Gasteiger partial charge in [-0.15, -0.1) is 0 Å². The summed E-state index contributed by atoms with van der Waals surface area (Å²) in [6.07, 6.45) is 0.591. The third-order valence-corrected chi connectivity index (χ3v) is 5.88. The van der Waals surface area contributed by atoms with Crippen LogP contribution in [0.25, 0.3) is 0 Å². The molecule has 2 aliphatic heterocycles. The highest BCUT2D eigenvalue weighted by Gasteiger charge is 2.32. The molecule has 1 unspecified atom stereocenters. The summed E-state index contributed by atoms with van der Waals surface area (Å²) in [7, 11) is -2.96. The minimum Gasteiger partial charge on any atom is -0.454 e. The topological polar surface area (TPSA) is 84.9 Å². The Labute approximate surface area is 135 Å². The number of rotatable bonds is 5. The number of amides is 1. The number of benzene rings is 1. The summed E-state index contributed by atoms with van der Waals surface area (Å²) >= 11 is 0. The number of fused-ring (bicyclic) bond motifs is 1. The number of sulfone groups is 1. The Morgan fingerprint density at radius 3 is 2.83 bits per heavy atom. The van der Waals surface area contributed by atoms with Gasteiger partial charge >= 0.3 is 0 Å². The molecule has 1 N–H and O–H groups in total. The number of carbonyl (C=O) groups excluding carboxylic acids is 1. The number of hydrogen-bond acceptors (Lipinski definition) is 6. The van der Waals surface area contributed by atoms with Crippen LogP contribution in [0.2, 0.25) is 0 Å². The van der Waals surface area contributed by atoms with Gasteiger partial charge in [0.2, 0.25) is 12.7 Å². The van der Waals surface area contributed by atoms with E-state index in [4.69, 9.17) is 9.47 Å². The molecule has 1 saturated heterocycles. The Bertz CT molecular complexity index is 704. The van der Waals surface area contributed by atoms with Crippen LogP contribution in [0.15, 0.2) is 18.2 Å². The maximum absolute atomic E-state index is 12.2. The molecule has 23 heavy (non-hydrogen) atoms. The molecule has 2 aliphatic rings. The molecule has 1 aromatic carbocycles. The summed E-state index contributed by atoms with van der Waals surface area (Å²) in [6, 6.07) is 5.14. The van der Waals surface area contributed by atoms with E-state index in [0.29, 0.717) is 30.2 Å². The zero-order valence-electron chi connectivity index (χ0n) is 12.9. The van der Waals surface area contributed by atoms with Crippen LogP contribution >= 0.6 is 0 Å². The van der Waals surface area contributed by atoms with Crippen molar-refractivity contribution in [3.05, 3.63) is 18.2 Å².